The Balaban J connectivity index is 1.13. The molecule has 5 heterocycles. The smallest absolute Gasteiger partial charge is 0.332 e. The number of halogens is 1. The maximum absolute atomic E-state index is 13.6. The topological polar surface area (TPSA) is 109 Å². The molecule has 7 rings (SSSR count). The lowest BCUT2D eigenvalue weighted by Gasteiger charge is -2.27. The predicted molar refractivity (Wildman–Crippen MR) is 179 cm³/mol. The number of urea groups is 1. The van der Waals surface area contributed by atoms with Crippen LogP contribution in [0.1, 0.15) is 39.4 Å². The molecule has 2 aromatic carbocycles. The number of rotatable bonds is 9. The summed E-state index contributed by atoms with van der Waals surface area (Å²) in [5, 5.41) is 8.79. The van der Waals surface area contributed by atoms with E-state index in [4.69, 9.17) is 21.1 Å². The van der Waals surface area contributed by atoms with Gasteiger partial charge in [0.2, 0.25) is 0 Å². The third-order valence-electron chi connectivity index (χ3n) is 7.83. The lowest BCUT2D eigenvalue weighted by molar-refractivity contribution is 0.103. The molecule has 1 fully saturated rings. The fourth-order valence-electron chi connectivity index (χ4n) is 5.65. The van der Waals surface area contributed by atoms with Gasteiger partial charge < -0.3 is 20.1 Å². The fraction of sp³-hybridized carbons (Fsp3) is 0.250. The van der Waals surface area contributed by atoms with Gasteiger partial charge in [-0.2, -0.15) is 0 Å². The van der Waals surface area contributed by atoms with Crippen molar-refractivity contribution in [1.82, 2.24) is 14.9 Å². The normalized spacial score (nSPS) is 14.8. The number of anilines is 4. The molecule has 230 valence electrons. The highest BCUT2D eigenvalue weighted by atomic mass is 35.5. The molecule has 2 aliphatic heterocycles. The van der Waals surface area contributed by atoms with E-state index in [1.807, 2.05) is 35.7 Å². The molecule has 2 N–H and O–H groups in total. The van der Waals surface area contributed by atoms with E-state index in [9.17, 15) is 9.59 Å². The minimum absolute atomic E-state index is 0.325. The van der Waals surface area contributed by atoms with Crippen molar-refractivity contribution in [1.29, 1.82) is 0 Å². The largest absolute Gasteiger partial charge is 0.496 e. The Kier molecular flexibility index (Phi) is 8.28. The number of carbonyl (C=O) groups excluding carboxylic acids is 2. The number of methoxy groups -OCH3 is 1. The third-order valence-corrected chi connectivity index (χ3v) is 10.1. The summed E-state index contributed by atoms with van der Waals surface area (Å²) in [6.45, 7) is 3.35. The minimum atomic E-state index is -0.470. The van der Waals surface area contributed by atoms with Crippen LogP contribution in [0.25, 0.3) is 10.2 Å². The Morgan fingerprint density at radius 2 is 1.96 bits per heavy atom. The maximum atomic E-state index is 13.6. The molecule has 1 saturated heterocycles. The second-order valence-electron chi connectivity index (χ2n) is 10.7. The molecule has 2 aliphatic rings. The first-order chi connectivity index (χ1) is 22.0. The number of nitrogens with one attached hydrogen (secondary N) is 2. The van der Waals surface area contributed by atoms with Crippen LogP contribution in [0.2, 0.25) is 5.02 Å². The molecule has 0 atom stereocenters. The molecule has 0 radical (unpaired) electrons. The zero-order chi connectivity index (χ0) is 30.9. The Labute approximate surface area is 272 Å². The van der Waals surface area contributed by atoms with Crippen molar-refractivity contribution < 1.29 is 19.1 Å². The first-order valence-corrected chi connectivity index (χ1v) is 16.6. The average Bonchev–Trinajstić information content (AvgIpc) is 3.71. The molecular weight excluding hydrogens is 632 g/mol. The molecule has 0 spiro atoms. The average molecular weight is 661 g/mol. The number of thiophene rings is 2. The lowest BCUT2D eigenvalue weighted by Crippen LogP contribution is -2.35. The summed E-state index contributed by atoms with van der Waals surface area (Å²) in [6, 6.07) is 14.3. The zero-order valence-electron chi connectivity index (χ0n) is 24.3. The van der Waals surface area contributed by atoms with Gasteiger partial charge in [0.15, 0.2) is 5.82 Å². The molecule has 10 nitrogen and oxygen atoms in total. The molecule has 0 saturated carbocycles. The molecule has 3 aromatic heterocycles. The number of ether oxygens (including phenoxy) is 2. The summed E-state index contributed by atoms with van der Waals surface area (Å²) in [7, 11) is 1.64. The third kappa shape index (κ3) is 5.94. The van der Waals surface area contributed by atoms with E-state index >= 15 is 0 Å². The minimum Gasteiger partial charge on any atom is -0.496 e. The van der Waals surface area contributed by atoms with Gasteiger partial charge in [-0.1, -0.05) is 30.2 Å². The van der Waals surface area contributed by atoms with Crippen LogP contribution in [0.15, 0.2) is 60.2 Å². The molecular formula is C32H29ClN6O4S2. The second-order valence-corrected chi connectivity index (χ2v) is 13.2. The molecule has 13 heteroatoms. The Bertz CT molecular complexity index is 1890. The lowest BCUT2D eigenvalue weighted by atomic mass is 10.1. The molecule has 3 amide bonds. The summed E-state index contributed by atoms with van der Waals surface area (Å²) in [5.41, 5.74) is 2.54. The van der Waals surface area contributed by atoms with Crippen LogP contribution in [-0.4, -0.2) is 47.0 Å². The number of likely N-dealkylation sites (tertiary alicyclic amines) is 1. The van der Waals surface area contributed by atoms with Crippen molar-refractivity contribution in [2.45, 2.75) is 32.4 Å². The van der Waals surface area contributed by atoms with Crippen molar-refractivity contribution in [3.63, 3.8) is 0 Å². The van der Waals surface area contributed by atoms with Crippen LogP contribution in [0.4, 0.5) is 27.7 Å². The number of piperidine rings is 1. The highest BCUT2D eigenvalue weighted by molar-refractivity contribution is 7.21. The van der Waals surface area contributed by atoms with Crippen molar-refractivity contribution in [2.24, 2.45) is 0 Å². The summed E-state index contributed by atoms with van der Waals surface area (Å²) in [6.07, 6.45) is 5.08. The van der Waals surface area contributed by atoms with Crippen LogP contribution in [-0.2, 0) is 13.2 Å². The van der Waals surface area contributed by atoms with E-state index in [1.54, 1.807) is 36.6 Å². The van der Waals surface area contributed by atoms with Gasteiger partial charge in [0.1, 0.15) is 34.1 Å². The maximum Gasteiger partial charge on any atom is 0.332 e. The summed E-state index contributed by atoms with van der Waals surface area (Å²) in [4.78, 5) is 41.8. The van der Waals surface area contributed by atoms with E-state index in [0.29, 0.717) is 55.4 Å². The predicted octanol–water partition coefficient (Wildman–Crippen LogP) is 7.92. The van der Waals surface area contributed by atoms with Crippen LogP contribution >= 0.6 is 34.3 Å². The van der Waals surface area contributed by atoms with Gasteiger partial charge in [0.05, 0.1) is 28.9 Å². The van der Waals surface area contributed by atoms with Crippen LogP contribution in [0.5, 0.6) is 11.5 Å². The van der Waals surface area contributed by atoms with Crippen LogP contribution < -0.4 is 25.0 Å². The van der Waals surface area contributed by atoms with E-state index in [-0.39, 0.29) is 5.91 Å². The Morgan fingerprint density at radius 3 is 2.73 bits per heavy atom. The van der Waals surface area contributed by atoms with Gasteiger partial charge in [0.25, 0.3) is 5.91 Å². The van der Waals surface area contributed by atoms with Crippen molar-refractivity contribution in [3.05, 3.63) is 80.6 Å². The van der Waals surface area contributed by atoms with Gasteiger partial charge in [-0.25, -0.2) is 19.7 Å². The molecule has 0 aliphatic carbocycles. The number of aromatic nitrogens is 2. The van der Waals surface area contributed by atoms with E-state index in [2.05, 4.69) is 25.5 Å². The summed E-state index contributed by atoms with van der Waals surface area (Å²) >= 11 is 9.35. The van der Waals surface area contributed by atoms with Crippen LogP contribution in [0, 0.1) is 0 Å². The molecule has 0 bridgehead atoms. The van der Waals surface area contributed by atoms with Gasteiger partial charge in [-0.3, -0.25) is 9.69 Å². The van der Waals surface area contributed by atoms with Crippen molar-refractivity contribution in [2.75, 3.05) is 35.7 Å². The Hall–Kier alpha value is -4.23. The number of benzene rings is 2. The molecule has 5 aromatic rings. The van der Waals surface area contributed by atoms with E-state index < -0.39 is 6.03 Å². The number of hydrogen-bond donors (Lipinski definition) is 2. The first kappa shape index (κ1) is 29.5. The van der Waals surface area contributed by atoms with Crippen LogP contribution in [0.3, 0.4) is 0 Å². The monoisotopic (exact) mass is 660 g/mol. The number of amides is 3. The van der Waals surface area contributed by atoms with E-state index in [0.717, 1.165) is 35.8 Å². The SMILES string of the molecule is COc1cc(NC(=O)c2sc3ncnc4c3c2NC(=O)N4c2ccc(OCc3cccs3)c(Cl)c2)ccc1CN1CCCCC1. The number of carbonyl (C=O) groups is 2. The van der Waals surface area contributed by atoms with Gasteiger partial charge >= 0.3 is 6.03 Å². The molecule has 0 unspecified atom stereocenters. The van der Waals surface area contributed by atoms with Gasteiger partial charge in [-0.05, 0) is 61.6 Å². The first-order valence-electron chi connectivity index (χ1n) is 14.5. The number of hydrogen-bond acceptors (Lipinski definition) is 9. The quantitative estimate of drug-likeness (QED) is 0.165. The van der Waals surface area contributed by atoms with E-state index in [1.165, 1.54) is 41.8 Å². The highest BCUT2D eigenvalue weighted by Gasteiger charge is 2.34. The highest BCUT2D eigenvalue weighted by Crippen LogP contribution is 2.45. The second kappa shape index (κ2) is 12.6. The Morgan fingerprint density at radius 1 is 1.09 bits per heavy atom. The fourth-order valence-corrected chi connectivity index (χ4v) is 7.49. The number of nitrogens with zero attached hydrogens (tertiary/aromatic N) is 4. The van der Waals surface area contributed by atoms with Crippen molar-refractivity contribution >= 4 is 79.3 Å². The summed E-state index contributed by atoms with van der Waals surface area (Å²) < 4.78 is 11.6. The van der Waals surface area contributed by atoms with Gasteiger partial charge in [0, 0.05) is 28.7 Å². The zero-order valence-corrected chi connectivity index (χ0v) is 26.7. The molecule has 45 heavy (non-hydrogen) atoms. The van der Waals surface area contributed by atoms with Crippen molar-refractivity contribution in [3.8, 4) is 11.5 Å². The van der Waals surface area contributed by atoms with Gasteiger partial charge in [-0.15, -0.1) is 22.7 Å². The standard InChI is InChI=1S/C32H29ClN6O4S2/c1-42-25-14-20(8-7-19(25)16-38-11-3-2-4-12-38)36-30(40)28-27-26-29(34-18-35-31(26)45-28)39(32(41)37-27)21-9-10-24(23(33)15-21)43-17-22-6-5-13-44-22/h5-10,13-15,18H,2-4,11-12,16-17H2,1H3,(H,36,40)(H,37,41). The summed E-state index contributed by atoms with van der Waals surface area (Å²) in [5.74, 6) is 1.22.